The van der Waals surface area contributed by atoms with Crippen molar-refractivity contribution in [3.63, 3.8) is 0 Å². The highest BCUT2D eigenvalue weighted by Gasteiger charge is 2.48. The van der Waals surface area contributed by atoms with Crippen LogP contribution < -0.4 is 10.1 Å². The van der Waals surface area contributed by atoms with Crippen molar-refractivity contribution in [2.75, 3.05) is 7.11 Å². The number of thiazole rings is 1. The zero-order valence-corrected chi connectivity index (χ0v) is 14.8. The summed E-state index contributed by atoms with van der Waals surface area (Å²) in [6.07, 6.45) is 4.80. The van der Waals surface area contributed by atoms with E-state index in [1.807, 2.05) is 6.07 Å². The lowest BCUT2D eigenvalue weighted by atomic mass is 9.85. The third kappa shape index (κ3) is 2.50. The van der Waals surface area contributed by atoms with Crippen LogP contribution >= 0.6 is 22.9 Å². The highest BCUT2D eigenvalue weighted by molar-refractivity contribution is 7.22. The van der Waals surface area contributed by atoms with E-state index in [9.17, 15) is 4.79 Å². The second-order valence-corrected chi connectivity index (χ2v) is 8.64. The second-order valence-electron chi connectivity index (χ2n) is 7.06. The van der Waals surface area contributed by atoms with Crippen LogP contribution in [0.25, 0.3) is 10.2 Å². The molecule has 4 nitrogen and oxygen atoms in total. The summed E-state index contributed by atoms with van der Waals surface area (Å²) in [6.45, 7) is 2.34. The van der Waals surface area contributed by atoms with E-state index in [-0.39, 0.29) is 11.9 Å². The zero-order valence-electron chi connectivity index (χ0n) is 13.2. The lowest BCUT2D eigenvalue weighted by molar-refractivity contribution is 0.0918. The first-order valence-electron chi connectivity index (χ1n) is 7.93. The maximum absolute atomic E-state index is 12.9. The summed E-state index contributed by atoms with van der Waals surface area (Å²) in [6, 6.07) is 3.89. The third-order valence-electron chi connectivity index (χ3n) is 5.41. The standard InChI is InChI=1S/C17H19ClN2O2S/c1-17-6-5-9(7-17)11(8-17)19-15(21)13-12(22-2)4-3-10-14(13)23-16(18)20-10/h3-4,9,11H,5-8H2,1-2H3,(H,19,21)/t9-,11+,17+/m0/s1. The van der Waals surface area contributed by atoms with E-state index in [2.05, 4.69) is 17.2 Å². The largest absolute Gasteiger partial charge is 0.496 e. The summed E-state index contributed by atoms with van der Waals surface area (Å²) in [5.74, 6) is 1.11. The minimum Gasteiger partial charge on any atom is -0.496 e. The van der Waals surface area contributed by atoms with Crippen molar-refractivity contribution in [2.24, 2.45) is 11.3 Å². The van der Waals surface area contributed by atoms with Crippen molar-refractivity contribution in [1.29, 1.82) is 0 Å². The van der Waals surface area contributed by atoms with Crippen molar-refractivity contribution in [3.05, 3.63) is 22.2 Å². The van der Waals surface area contributed by atoms with Gasteiger partial charge in [0.1, 0.15) is 11.3 Å². The van der Waals surface area contributed by atoms with Crippen LogP contribution in [0.5, 0.6) is 5.75 Å². The molecule has 0 radical (unpaired) electrons. The molecule has 2 aliphatic rings. The number of nitrogens with zero attached hydrogens (tertiary/aromatic N) is 1. The van der Waals surface area contributed by atoms with E-state index in [1.54, 1.807) is 13.2 Å². The minimum absolute atomic E-state index is 0.0751. The summed E-state index contributed by atoms with van der Waals surface area (Å²) in [4.78, 5) is 17.2. The highest BCUT2D eigenvalue weighted by Crippen LogP contribution is 2.53. The molecule has 1 N–H and O–H groups in total. The first kappa shape index (κ1) is 15.2. The Hall–Kier alpha value is -1.33. The van der Waals surface area contributed by atoms with Gasteiger partial charge in [0.25, 0.3) is 5.91 Å². The number of hydrogen-bond acceptors (Lipinski definition) is 4. The van der Waals surface area contributed by atoms with Gasteiger partial charge in [-0.25, -0.2) is 4.98 Å². The number of carbonyl (C=O) groups excluding carboxylic acids is 1. The molecule has 0 spiro atoms. The number of aromatic nitrogens is 1. The van der Waals surface area contributed by atoms with E-state index in [1.165, 1.54) is 30.6 Å². The SMILES string of the molecule is COc1ccc2nc(Cl)sc2c1C(=O)N[C@@H]1C[C@]2(C)CC[C@H]1C2. The Morgan fingerprint density at radius 2 is 2.30 bits per heavy atom. The fourth-order valence-corrected chi connectivity index (χ4v) is 5.49. The minimum atomic E-state index is -0.0751. The average molecular weight is 351 g/mol. The van der Waals surface area contributed by atoms with Crippen LogP contribution in [-0.4, -0.2) is 24.0 Å². The normalized spacial score (nSPS) is 29.2. The molecule has 6 heteroatoms. The predicted molar refractivity (Wildman–Crippen MR) is 92.5 cm³/mol. The summed E-state index contributed by atoms with van der Waals surface area (Å²) in [5.41, 5.74) is 1.71. The maximum atomic E-state index is 12.9. The molecule has 1 amide bonds. The van der Waals surface area contributed by atoms with Crippen molar-refractivity contribution >= 4 is 39.1 Å². The molecule has 2 aromatic rings. The average Bonchev–Trinajstić information content (AvgIpc) is 3.15. The van der Waals surface area contributed by atoms with Crippen LogP contribution in [0.3, 0.4) is 0 Å². The lowest BCUT2D eigenvalue weighted by Crippen LogP contribution is -2.39. The van der Waals surface area contributed by atoms with Crippen LogP contribution in [-0.2, 0) is 0 Å². The zero-order chi connectivity index (χ0) is 16.2. The summed E-state index contributed by atoms with van der Waals surface area (Å²) in [7, 11) is 1.58. The van der Waals surface area contributed by atoms with E-state index < -0.39 is 0 Å². The van der Waals surface area contributed by atoms with E-state index in [4.69, 9.17) is 16.3 Å². The van der Waals surface area contributed by atoms with Crippen LogP contribution in [0, 0.1) is 11.3 Å². The van der Waals surface area contributed by atoms with Gasteiger partial charge < -0.3 is 10.1 Å². The van der Waals surface area contributed by atoms with Gasteiger partial charge in [0.2, 0.25) is 0 Å². The Morgan fingerprint density at radius 1 is 1.48 bits per heavy atom. The van der Waals surface area contributed by atoms with Crippen LogP contribution in [0.4, 0.5) is 0 Å². The number of benzene rings is 1. The molecule has 0 aliphatic heterocycles. The highest BCUT2D eigenvalue weighted by atomic mass is 35.5. The van der Waals surface area contributed by atoms with Gasteiger partial charge in [-0.15, -0.1) is 11.3 Å². The van der Waals surface area contributed by atoms with Gasteiger partial charge in [-0.1, -0.05) is 18.5 Å². The maximum Gasteiger partial charge on any atom is 0.256 e. The third-order valence-corrected chi connectivity index (χ3v) is 6.61. The van der Waals surface area contributed by atoms with Gasteiger partial charge in [0.15, 0.2) is 4.47 Å². The summed E-state index contributed by atoms with van der Waals surface area (Å²) < 4.78 is 6.64. The van der Waals surface area contributed by atoms with Crippen LogP contribution in [0.15, 0.2) is 12.1 Å². The molecule has 1 heterocycles. The van der Waals surface area contributed by atoms with Gasteiger partial charge in [-0.3, -0.25) is 4.79 Å². The smallest absolute Gasteiger partial charge is 0.256 e. The Balaban J connectivity index is 1.67. The molecular weight excluding hydrogens is 332 g/mol. The molecule has 1 aromatic carbocycles. The molecule has 0 saturated heterocycles. The molecule has 2 aliphatic carbocycles. The summed E-state index contributed by atoms with van der Waals surface area (Å²) >= 11 is 7.35. The number of rotatable bonds is 3. The number of ether oxygens (including phenoxy) is 1. The Kier molecular flexibility index (Phi) is 3.54. The Bertz CT molecular complexity index is 790. The molecule has 0 unspecified atom stereocenters. The van der Waals surface area contributed by atoms with Gasteiger partial charge in [0.05, 0.1) is 17.3 Å². The quantitative estimate of drug-likeness (QED) is 0.899. The molecule has 122 valence electrons. The number of amides is 1. The van der Waals surface area contributed by atoms with E-state index in [0.717, 1.165) is 16.6 Å². The molecular formula is C17H19ClN2O2S. The second kappa shape index (κ2) is 5.35. The predicted octanol–water partition coefficient (Wildman–Crippen LogP) is 4.27. The van der Waals surface area contributed by atoms with Gasteiger partial charge in [-0.05, 0) is 49.1 Å². The molecule has 2 fully saturated rings. The molecule has 23 heavy (non-hydrogen) atoms. The molecule has 2 saturated carbocycles. The Morgan fingerprint density at radius 3 is 2.96 bits per heavy atom. The topological polar surface area (TPSA) is 51.2 Å². The number of methoxy groups -OCH3 is 1. The fourth-order valence-electron chi connectivity index (χ4n) is 4.34. The van der Waals surface area contributed by atoms with Gasteiger partial charge in [-0.2, -0.15) is 0 Å². The fraction of sp³-hybridized carbons (Fsp3) is 0.529. The number of halogens is 1. The Labute approximate surface area is 144 Å². The van der Waals surface area contributed by atoms with Crippen LogP contribution in [0.1, 0.15) is 43.0 Å². The van der Waals surface area contributed by atoms with Crippen molar-refractivity contribution in [2.45, 2.75) is 38.6 Å². The van der Waals surface area contributed by atoms with Crippen molar-refractivity contribution < 1.29 is 9.53 Å². The monoisotopic (exact) mass is 350 g/mol. The first-order valence-corrected chi connectivity index (χ1v) is 9.12. The number of fused-ring (bicyclic) bond motifs is 3. The summed E-state index contributed by atoms with van der Waals surface area (Å²) in [5, 5.41) is 3.24. The van der Waals surface area contributed by atoms with Crippen molar-refractivity contribution in [3.8, 4) is 5.75 Å². The molecule has 4 rings (SSSR count). The number of nitrogens with one attached hydrogen (secondary N) is 1. The van der Waals surface area contributed by atoms with E-state index in [0.29, 0.717) is 27.1 Å². The van der Waals surface area contributed by atoms with Crippen molar-refractivity contribution in [1.82, 2.24) is 10.3 Å². The van der Waals surface area contributed by atoms with Gasteiger partial charge >= 0.3 is 0 Å². The van der Waals surface area contributed by atoms with Crippen LogP contribution in [0.2, 0.25) is 4.47 Å². The number of carbonyl (C=O) groups is 1. The molecule has 3 atom stereocenters. The molecule has 1 aromatic heterocycles. The number of hydrogen-bond donors (Lipinski definition) is 1. The first-order chi connectivity index (χ1) is 11.0. The van der Waals surface area contributed by atoms with Gasteiger partial charge in [0, 0.05) is 6.04 Å². The molecule has 2 bridgehead atoms. The lowest BCUT2D eigenvalue weighted by Gasteiger charge is -2.27. The van der Waals surface area contributed by atoms with E-state index >= 15 is 0 Å².